The fraction of sp³-hybridized carbons (Fsp3) is 0.385. The van der Waals surface area contributed by atoms with Crippen LogP contribution in [0.2, 0.25) is 0 Å². The van der Waals surface area contributed by atoms with E-state index in [0.717, 1.165) is 0 Å². The molecule has 0 radical (unpaired) electrons. The van der Waals surface area contributed by atoms with Gasteiger partial charge in [0.1, 0.15) is 23.1 Å². The average Bonchev–Trinajstić information content (AvgIpc) is 2.65. The first-order valence-corrected chi connectivity index (χ1v) is 9.82. The van der Waals surface area contributed by atoms with Gasteiger partial charge >= 0.3 is 0 Å². The van der Waals surface area contributed by atoms with Crippen LogP contribution in [0.3, 0.4) is 0 Å². The van der Waals surface area contributed by atoms with Crippen LogP contribution in [-0.4, -0.2) is 23.1 Å². The zero-order valence-electron chi connectivity index (χ0n) is 20.6. The standard InChI is InChI=1S/2C6H6.4C3H6O.C2H6/c2*1-2-4-6-5-3-1;4*1-3(2)4;1-2/h2*1-6H;4*1-2H3;1-2H3. The molecule has 0 saturated carbocycles. The van der Waals surface area contributed by atoms with Crippen molar-refractivity contribution < 1.29 is 19.2 Å². The van der Waals surface area contributed by atoms with Gasteiger partial charge < -0.3 is 19.2 Å². The lowest BCUT2D eigenvalue weighted by Gasteiger charge is -1.69. The van der Waals surface area contributed by atoms with E-state index in [2.05, 4.69) is 0 Å². The van der Waals surface area contributed by atoms with Gasteiger partial charge in [-0.05, 0) is 55.4 Å². The number of Topliss-reactive ketones (excluding diaryl/α,β-unsaturated/α-hetero) is 4. The third-order valence-electron chi connectivity index (χ3n) is 1.33. The van der Waals surface area contributed by atoms with Gasteiger partial charge in [0.15, 0.2) is 0 Å². The quantitative estimate of drug-likeness (QED) is 0.473. The Bertz CT molecular complexity index is 442. The van der Waals surface area contributed by atoms with E-state index in [9.17, 15) is 19.2 Å². The predicted molar refractivity (Wildman–Crippen MR) is 130 cm³/mol. The van der Waals surface area contributed by atoms with E-state index in [1.165, 1.54) is 55.4 Å². The molecular formula is C26H42O4. The van der Waals surface area contributed by atoms with Crippen molar-refractivity contribution in [3.8, 4) is 0 Å². The summed E-state index contributed by atoms with van der Waals surface area (Å²) in [5, 5.41) is 0. The van der Waals surface area contributed by atoms with Crippen LogP contribution in [0.4, 0.5) is 0 Å². The molecule has 0 spiro atoms. The zero-order chi connectivity index (χ0) is 24.8. The molecule has 4 nitrogen and oxygen atoms in total. The Kier molecular flexibility index (Phi) is 46.6. The molecule has 0 bridgehead atoms. The summed E-state index contributed by atoms with van der Waals surface area (Å²) in [6, 6.07) is 24.0. The van der Waals surface area contributed by atoms with Gasteiger partial charge in [0.2, 0.25) is 0 Å². The fourth-order valence-electron chi connectivity index (χ4n) is 0.770. The second-order valence-electron chi connectivity index (χ2n) is 5.94. The highest BCUT2D eigenvalue weighted by Crippen LogP contribution is 1.80. The summed E-state index contributed by atoms with van der Waals surface area (Å²) in [7, 11) is 0. The molecule has 0 aliphatic heterocycles. The summed E-state index contributed by atoms with van der Waals surface area (Å²) in [6.07, 6.45) is 0. The minimum atomic E-state index is 0.167. The molecule has 30 heavy (non-hydrogen) atoms. The lowest BCUT2D eigenvalue weighted by atomic mass is 10.4. The Morgan fingerprint density at radius 1 is 0.300 bits per heavy atom. The molecule has 0 atom stereocenters. The van der Waals surface area contributed by atoms with Crippen molar-refractivity contribution in [2.24, 2.45) is 0 Å². The first-order chi connectivity index (χ1) is 13.9. The van der Waals surface area contributed by atoms with Gasteiger partial charge in [-0.25, -0.2) is 0 Å². The van der Waals surface area contributed by atoms with Crippen LogP contribution in [0.25, 0.3) is 0 Å². The molecule has 2 aromatic carbocycles. The monoisotopic (exact) mass is 418 g/mol. The summed E-state index contributed by atoms with van der Waals surface area (Å²) in [5.74, 6) is 0.667. The second-order valence-corrected chi connectivity index (χ2v) is 5.94. The van der Waals surface area contributed by atoms with Gasteiger partial charge in [0.05, 0.1) is 0 Å². The summed E-state index contributed by atoms with van der Waals surface area (Å²) in [4.78, 5) is 37.8. The first-order valence-electron chi connectivity index (χ1n) is 9.82. The second kappa shape index (κ2) is 37.0. The largest absolute Gasteiger partial charge is 0.300 e. The van der Waals surface area contributed by atoms with E-state index in [0.29, 0.717) is 0 Å². The highest BCUT2D eigenvalue weighted by molar-refractivity contribution is 5.72. The van der Waals surface area contributed by atoms with Crippen molar-refractivity contribution in [1.82, 2.24) is 0 Å². The van der Waals surface area contributed by atoms with Gasteiger partial charge in [-0.15, -0.1) is 0 Å². The number of carbonyl (C=O) groups excluding carboxylic acids is 4. The summed E-state index contributed by atoms with van der Waals surface area (Å²) >= 11 is 0. The van der Waals surface area contributed by atoms with E-state index in [-0.39, 0.29) is 23.1 Å². The SMILES string of the molecule is CC.CC(C)=O.CC(C)=O.CC(C)=O.CC(C)=O.c1ccccc1.c1ccccc1. The van der Waals surface area contributed by atoms with Crippen LogP contribution in [-0.2, 0) is 19.2 Å². The number of ketones is 4. The van der Waals surface area contributed by atoms with Gasteiger partial charge in [0, 0.05) is 0 Å². The van der Waals surface area contributed by atoms with Crippen molar-refractivity contribution in [2.45, 2.75) is 69.2 Å². The molecule has 0 heterocycles. The van der Waals surface area contributed by atoms with Crippen molar-refractivity contribution in [3.05, 3.63) is 72.8 Å². The molecule has 4 heteroatoms. The first kappa shape index (κ1) is 37.8. The Labute approximate surface area is 184 Å². The molecule has 0 amide bonds. The van der Waals surface area contributed by atoms with E-state index in [1.807, 2.05) is 86.6 Å². The summed E-state index contributed by atoms with van der Waals surface area (Å²) < 4.78 is 0. The highest BCUT2D eigenvalue weighted by Gasteiger charge is 1.63. The lowest BCUT2D eigenvalue weighted by molar-refractivity contribution is -0.115. The van der Waals surface area contributed by atoms with E-state index in [1.54, 1.807) is 0 Å². The zero-order valence-corrected chi connectivity index (χ0v) is 20.6. The van der Waals surface area contributed by atoms with Crippen LogP contribution < -0.4 is 0 Å². The number of carbonyl (C=O) groups is 4. The highest BCUT2D eigenvalue weighted by atomic mass is 16.1. The van der Waals surface area contributed by atoms with Crippen LogP contribution in [0.5, 0.6) is 0 Å². The van der Waals surface area contributed by atoms with Crippen LogP contribution in [0, 0.1) is 0 Å². The third kappa shape index (κ3) is 176. The summed E-state index contributed by atoms with van der Waals surface area (Å²) in [5.41, 5.74) is 0. The van der Waals surface area contributed by atoms with Crippen molar-refractivity contribution in [1.29, 1.82) is 0 Å². The fourth-order valence-corrected chi connectivity index (χ4v) is 0.770. The number of benzene rings is 2. The Morgan fingerprint density at radius 3 is 0.367 bits per heavy atom. The van der Waals surface area contributed by atoms with Crippen molar-refractivity contribution >= 4 is 23.1 Å². The molecule has 0 aromatic heterocycles. The molecule has 0 unspecified atom stereocenters. The lowest BCUT2D eigenvalue weighted by Crippen LogP contribution is -1.69. The van der Waals surface area contributed by atoms with Gasteiger partial charge in [0.25, 0.3) is 0 Å². The smallest absolute Gasteiger partial charge is 0.126 e. The average molecular weight is 419 g/mol. The minimum absolute atomic E-state index is 0.167. The van der Waals surface area contributed by atoms with Gasteiger partial charge in [-0.1, -0.05) is 86.6 Å². The molecule has 2 aromatic rings. The molecule has 170 valence electrons. The maximum atomic E-state index is 9.44. The molecule has 0 saturated heterocycles. The van der Waals surface area contributed by atoms with Crippen LogP contribution in [0.15, 0.2) is 72.8 Å². The molecular weight excluding hydrogens is 376 g/mol. The molecule has 0 aliphatic rings. The molecule has 0 aliphatic carbocycles. The van der Waals surface area contributed by atoms with Crippen molar-refractivity contribution in [3.63, 3.8) is 0 Å². The third-order valence-corrected chi connectivity index (χ3v) is 1.33. The predicted octanol–water partition coefficient (Wildman–Crippen LogP) is 6.78. The van der Waals surface area contributed by atoms with E-state index in [4.69, 9.17) is 0 Å². The number of hydrogen-bond acceptors (Lipinski definition) is 4. The van der Waals surface area contributed by atoms with Crippen LogP contribution >= 0.6 is 0 Å². The maximum Gasteiger partial charge on any atom is 0.126 e. The molecule has 0 N–H and O–H groups in total. The van der Waals surface area contributed by atoms with E-state index < -0.39 is 0 Å². The number of rotatable bonds is 0. The Balaban J connectivity index is -0.0000000831. The topological polar surface area (TPSA) is 68.3 Å². The number of hydrogen-bond donors (Lipinski definition) is 0. The van der Waals surface area contributed by atoms with Gasteiger partial charge in [-0.3, -0.25) is 0 Å². The van der Waals surface area contributed by atoms with Crippen LogP contribution in [0.1, 0.15) is 69.2 Å². The van der Waals surface area contributed by atoms with Gasteiger partial charge in [-0.2, -0.15) is 0 Å². The van der Waals surface area contributed by atoms with Crippen molar-refractivity contribution in [2.75, 3.05) is 0 Å². The normalized spacial score (nSPS) is 6.87. The minimum Gasteiger partial charge on any atom is -0.300 e. The maximum absolute atomic E-state index is 9.44. The van der Waals surface area contributed by atoms with E-state index >= 15 is 0 Å². The Morgan fingerprint density at radius 2 is 0.333 bits per heavy atom. The molecule has 2 rings (SSSR count). The molecule has 0 fully saturated rings. The Hall–Kier alpha value is -2.88. The summed E-state index contributed by atoms with van der Waals surface area (Å²) in [6.45, 7) is 16.2.